The van der Waals surface area contributed by atoms with Gasteiger partial charge in [0.1, 0.15) is 11.5 Å². The zero-order chi connectivity index (χ0) is 23.5. The molecule has 170 valence electrons. The number of carbonyl (C=O) groups is 1. The zero-order valence-electron chi connectivity index (χ0n) is 18.2. The first-order valence-electron chi connectivity index (χ1n) is 9.79. The smallest absolute Gasteiger partial charge is 0.335 e. The number of carboxylic acids is 1. The van der Waals surface area contributed by atoms with Crippen molar-refractivity contribution in [1.82, 2.24) is 5.16 Å². The first-order chi connectivity index (χ1) is 15.1. The Morgan fingerprint density at radius 3 is 2.44 bits per heavy atom. The second-order valence-electron chi connectivity index (χ2n) is 7.29. The molecule has 1 heterocycles. The molecule has 0 aliphatic carbocycles. The van der Waals surface area contributed by atoms with E-state index in [0.29, 0.717) is 24.4 Å². The van der Waals surface area contributed by atoms with E-state index in [1.807, 2.05) is 18.7 Å². The standard InChI is InChI=1S/C22H25N3O6S/c1-14-19(15(2)31-23-14)11-12-25(3)21-10-5-16(22(26)27)13-20(21)24-32(28,29)18-8-6-17(30-4)7-9-18/h5-10,13,24H,11-12H2,1-4H3,(H,26,27). The summed E-state index contributed by atoms with van der Waals surface area (Å²) in [5.41, 5.74) is 2.47. The topological polar surface area (TPSA) is 122 Å². The number of methoxy groups -OCH3 is 1. The predicted octanol–water partition coefficient (Wildman–Crippen LogP) is 3.48. The zero-order valence-corrected chi connectivity index (χ0v) is 19.1. The number of nitrogens with one attached hydrogen (secondary N) is 1. The lowest BCUT2D eigenvalue weighted by Gasteiger charge is -2.23. The number of nitrogens with zero attached hydrogens (tertiary/aromatic N) is 2. The van der Waals surface area contributed by atoms with Crippen LogP contribution in [0.4, 0.5) is 11.4 Å². The largest absolute Gasteiger partial charge is 0.497 e. The SMILES string of the molecule is COc1ccc(S(=O)(=O)Nc2cc(C(=O)O)ccc2N(C)CCc2c(C)noc2C)cc1. The minimum atomic E-state index is -3.96. The Bertz CT molecular complexity index is 1200. The highest BCUT2D eigenvalue weighted by Gasteiger charge is 2.20. The number of anilines is 2. The van der Waals surface area contributed by atoms with E-state index in [1.165, 1.54) is 31.4 Å². The average molecular weight is 460 g/mol. The molecule has 0 radical (unpaired) electrons. The van der Waals surface area contributed by atoms with Gasteiger partial charge < -0.3 is 19.3 Å². The minimum absolute atomic E-state index is 0.0275. The highest BCUT2D eigenvalue weighted by Crippen LogP contribution is 2.30. The molecule has 0 unspecified atom stereocenters. The molecule has 10 heteroatoms. The molecule has 0 fully saturated rings. The maximum absolute atomic E-state index is 13.0. The van der Waals surface area contributed by atoms with E-state index in [2.05, 4.69) is 9.88 Å². The van der Waals surface area contributed by atoms with Crippen molar-refractivity contribution in [3.8, 4) is 5.75 Å². The molecular weight excluding hydrogens is 434 g/mol. The summed E-state index contributed by atoms with van der Waals surface area (Å²) in [6.07, 6.45) is 0.628. The molecule has 0 atom stereocenters. The van der Waals surface area contributed by atoms with Crippen LogP contribution in [0.5, 0.6) is 5.75 Å². The van der Waals surface area contributed by atoms with Crippen LogP contribution in [0.1, 0.15) is 27.4 Å². The number of hydrogen-bond donors (Lipinski definition) is 2. The Hall–Kier alpha value is -3.53. The van der Waals surface area contributed by atoms with Gasteiger partial charge in [-0.25, -0.2) is 13.2 Å². The lowest BCUT2D eigenvalue weighted by atomic mass is 10.1. The third-order valence-corrected chi connectivity index (χ3v) is 6.53. The van der Waals surface area contributed by atoms with Crippen LogP contribution in [0.2, 0.25) is 0 Å². The first-order valence-corrected chi connectivity index (χ1v) is 11.3. The van der Waals surface area contributed by atoms with E-state index in [-0.39, 0.29) is 16.1 Å². The molecule has 0 bridgehead atoms. The molecule has 0 saturated carbocycles. The summed E-state index contributed by atoms with van der Waals surface area (Å²) in [4.78, 5) is 13.4. The Morgan fingerprint density at radius 1 is 1.19 bits per heavy atom. The third kappa shape index (κ3) is 5.02. The molecule has 0 spiro atoms. The highest BCUT2D eigenvalue weighted by atomic mass is 32.2. The maximum atomic E-state index is 13.0. The summed E-state index contributed by atoms with van der Waals surface area (Å²) in [6, 6.07) is 10.3. The monoisotopic (exact) mass is 459 g/mol. The van der Waals surface area contributed by atoms with Gasteiger partial charge in [0.15, 0.2) is 0 Å². The Kier molecular flexibility index (Phi) is 6.73. The summed E-state index contributed by atoms with van der Waals surface area (Å²) in [5.74, 6) is 0.106. The minimum Gasteiger partial charge on any atom is -0.497 e. The van der Waals surface area contributed by atoms with Gasteiger partial charge in [0, 0.05) is 19.2 Å². The Labute approximate surface area is 186 Å². The van der Waals surface area contributed by atoms with Gasteiger partial charge in [0.25, 0.3) is 10.0 Å². The molecule has 2 N–H and O–H groups in total. The van der Waals surface area contributed by atoms with Gasteiger partial charge in [-0.2, -0.15) is 0 Å². The molecule has 0 amide bonds. The van der Waals surface area contributed by atoms with Gasteiger partial charge in [-0.3, -0.25) is 4.72 Å². The molecule has 3 aromatic rings. The summed E-state index contributed by atoms with van der Waals surface area (Å²) in [5, 5.41) is 13.3. The van der Waals surface area contributed by atoms with Gasteiger partial charge >= 0.3 is 5.97 Å². The lowest BCUT2D eigenvalue weighted by molar-refractivity contribution is 0.0697. The average Bonchev–Trinajstić information content (AvgIpc) is 3.09. The number of ether oxygens (including phenoxy) is 1. The number of carboxylic acid groups (broad SMARTS) is 1. The lowest BCUT2D eigenvalue weighted by Crippen LogP contribution is -2.23. The van der Waals surface area contributed by atoms with E-state index in [9.17, 15) is 18.3 Å². The maximum Gasteiger partial charge on any atom is 0.335 e. The van der Waals surface area contributed by atoms with Crippen LogP contribution in [-0.2, 0) is 16.4 Å². The number of aromatic nitrogens is 1. The summed E-state index contributed by atoms with van der Waals surface area (Å²) in [7, 11) is -0.664. The van der Waals surface area contributed by atoms with Gasteiger partial charge in [0.2, 0.25) is 0 Å². The van der Waals surface area contributed by atoms with E-state index in [0.717, 1.165) is 17.0 Å². The first kappa shape index (κ1) is 23.1. The molecular formula is C22H25N3O6S. The van der Waals surface area contributed by atoms with Crippen LogP contribution in [0.25, 0.3) is 0 Å². The number of benzene rings is 2. The van der Waals surface area contributed by atoms with E-state index >= 15 is 0 Å². The molecule has 32 heavy (non-hydrogen) atoms. The van der Waals surface area contributed by atoms with Crippen molar-refractivity contribution in [3.63, 3.8) is 0 Å². The van der Waals surface area contributed by atoms with Gasteiger partial charge in [-0.15, -0.1) is 0 Å². The predicted molar refractivity (Wildman–Crippen MR) is 120 cm³/mol. The van der Waals surface area contributed by atoms with Crippen molar-refractivity contribution in [1.29, 1.82) is 0 Å². The Morgan fingerprint density at radius 2 is 1.88 bits per heavy atom. The molecule has 0 aliphatic rings. The fraction of sp³-hybridized carbons (Fsp3) is 0.273. The van der Waals surface area contributed by atoms with Crippen LogP contribution >= 0.6 is 0 Å². The number of aryl methyl sites for hydroxylation is 2. The summed E-state index contributed by atoms with van der Waals surface area (Å²) >= 11 is 0. The van der Waals surface area contributed by atoms with Crippen LogP contribution in [0.15, 0.2) is 51.9 Å². The number of aromatic carboxylic acids is 1. The second-order valence-corrected chi connectivity index (χ2v) is 8.97. The quantitative estimate of drug-likeness (QED) is 0.499. The number of likely N-dealkylation sites (N-methyl/N-ethyl adjacent to an activating group) is 1. The molecule has 0 saturated heterocycles. The number of rotatable bonds is 9. The van der Waals surface area contributed by atoms with Crippen LogP contribution < -0.4 is 14.4 Å². The molecule has 9 nitrogen and oxygen atoms in total. The van der Waals surface area contributed by atoms with E-state index in [4.69, 9.17) is 9.26 Å². The highest BCUT2D eigenvalue weighted by molar-refractivity contribution is 7.92. The van der Waals surface area contributed by atoms with Gasteiger partial charge in [-0.1, -0.05) is 5.16 Å². The van der Waals surface area contributed by atoms with Gasteiger partial charge in [-0.05, 0) is 62.7 Å². The normalized spacial score (nSPS) is 11.2. The van der Waals surface area contributed by atoms with Crippen LogP contribution in [-0.4, -0.2) is 45.4 Å². The van der Waals surface area contributed by atoms with Crippen molar-refractivity contribution < 1.29 is 27.6 Å². The van der Waals surface area contributed by atoms with E-state index < -0.39 is 16.0 Å². The molecule has 3 rings (SSSR count). The number of sulfonamides is 1. The fourth-order valence-electron chi connectivity index (χ4n) is 3.30. The molecule has 1 aromatic heterocycles. The summed E-state index contributed by atoms with van der Waals surface area (Å²) in [6.45, 7) is 4.24. The third-order valence-electron chi connectivity index (χ3n) is 5.15. The van der Waals surface area contributed by atoms with Crippen molar-refractivity contribution >= 4 is 27.4 Å². The van der Waals surface area contributed by atoms with Crippen molar-refractivity contribution in [2.45, 2.75) is 25.2 Å². The Balaban J connectivity index is 1.90. The van der Waals surface area contributed by atoms with Gasteiger partial charge in [0.05, 0.1) is 34.6 Å². The molecule has 0 aliphatic heterocycles. The van der Waals surface area contributed by atoms with Crippen LogP contribution in [0.3, 0.4) is 0 Å². The van der Waals surface area contributed by atoms with Crippen LogP contribution in [0, 0.1) is 13.8 Å². The molecule has 2 aromatic carbocycles. The summed E-state index contributed by atoms with van der Waals surface area (Å²) < 4.78 is 38.7. The fourth-order valence-corrected chi connectivity index (χ4v) is 4.37. The van der Waals surface area contributed by atoms with Crippen molar-refractivity contribution in [3.05, 3.63) is 65.0 Å². The van der Waals surface area contributed by atoms with E-state index in [1.54, 1.807) is 25.2 Å². The number of hydrogen-bond acceptors (Lipinski definition) is 7. The van der Waals surface area contributed by atoms with Crippen molar-refractivity contribution in [2.24, 2.45) is 0 Å². The second kappa shape index (κ2) is 9.31. The van der Waals surface area contributed by atoms with Crippen molar-refractivity contribution in [2.75, 3.05) is 30.3 Å².